The van der Waals surface area contributed by atoms with Gasteiger partial charge in [-0.15, -0.1) is 0 Å². The van der Waals surface area contributed by atoms with Crippen LogP contribution in [0, 0.1) is 5.82 Å². The molecule has 1 heterocycles. The fraction of sp³-hybridized carbons (Fsp3) is 0.208. The quantitative estimate of drug-likeness (QED) is 0.613. The number of rotatable bonds is 6. The summed E-state index contributed by atoms with van der Waals surface area (Å²) in [6.45, 7) is 0.538. The lowest BCUT2D eigenvalue weighted by Crippen LogP contribution is -2.35. The second-order valence-corrected chi connectivity index (χ2v) is 9.31. The van der Waals surface area contributed by atoms with Crippen molar-refractivity contribution in [1.29, 1.82) is 0 Å². The molecule has 0 atom stereocenters. The average Bonchev–Trinajstić information content (AvgIpc) is 2.82. The first-order valence-corrected chi connectivity index (χ1v) is 11.7. The van der Waals surface area contributed by atoms with Crippen molar-refractivity contribution in [3.63, 3.8) is 0 Å². The van der Waals surface area contributed by atoms with Gasteiger partial charge in [0.1, 0.15) is 16.5 Å². The second kappa shape index (κ2) is 9.00. The predicted octanol–water partition coefficient (Wildman–Crippen LogP) is 3.91. The maximum atomic E-state index is 13.6. The van der Waals surface area contributed by atoms with E-state index in [9.17, 15) is 17.6 Å². The fourth-order valence-electron chi connectivity index (χ4n) is 3.77. The Kier molecular flexibility index (Phi) is 6.14. The first kappa shape index (κ1) is 21.8. The van der Waals surface area contributed by atoms with Gasteiger partial charge in [0, 0.05) is 18.7 Å². The number of nitrogens with zero attached hydrogens (tertiary/aromatic N) is 1. The lowest BCUT2D eigenvalue weighted by molar-refractivity contribution is 0.0950. The number of amides is 1. The zero-order chi connectivity index (χ0) is 22.7. The van der Waals surface area contributed by atoms with Crippen LogP contribution in [0.15, 0.2) is 71.6 Å². The van der Waals surface area contributed by atoms with Crippen molar-refractivity contribution in [3.8, 4) is 5.75 Å². The number of aryl methyl sites for hydroxylation is 1. The number of halogens is 1. The topological polar surface area (TPSA) is 75.7 Å². The Bertz CT molecular complexity index is 1240. The van der Waals surface area contributed by atoms with E-state index in [-0.39, 0.29) is 28.6 Å². The lowest BCUT2D eigenvalue weighted by atomic mass is 10.0. The molecule has 0 spiro atoms. The Balaban J connectivity index is 1.63. The zero-order valence-electron chi connectivity index (χ0n) is 17.5. The highest BCUT2D eigenvalue weighted by molar-refractivity contribution is 7.93. The summed E-state index contributed by atoms with van der Waals surface area (Å²) in [5.74, 6) is -0.625. The van der Waals surface area contributed by atoms with Gasteiger partial charge in [0.2, 0.25) is 0 Å². The number of sulfonamides is 1. The average molecular weight is 455 g/mol. The molecule has 3 aromatic rings. The number of hydrogen-bond acceptors (Lipinski definition) is 4. The van der Waals surface area contributed by atoms with Crippen LogP contribution in [0.3, 0.4) is 0 Å². The van der Waals surface area contributed by atoms with Gasteiger partial charge in [-0.1, -0.05) is 30.3 Å². The molecule has 1 N–H and O–H groups in total. The van der Waals surface area contributed by atoms with Crippen molar-refractivity contribution in [2.24, 2.45) is 0 Å². The molecule has 0 bridgehead atoms. The molecule has 0 aromatic heterocycles. The van der Waals surface area contributed by atoms with E-state index < -0.39 is 15.9 Å². The minimum Gasteiger partial charge on any atom is -0.495 e. The van der Waals surface area contributed by atoms with E-state index >= 15 is 0 Å². The van der Waals surface area contributed by atoms with Crippen molar-refractivity contribution in [2.45, 2.75) is 24.3 Å². The maximum Gasteiger partial charge on any atom is 0.268 e. The molecule has 0 saturated carbocycles. The number of nitrogens with one attached hydrogen (secondary N) is 1. The summed E-state index contributed by atoms with van der Waals surface area (Å²) >= 11 is 0. The summed E-state index contributed by atoms with van der Waals surface area (Å²) in [6.07, 6.45) is 1.52. The Morgan fingerprint density at radius 2 is 1.84 bits per heavy atom. The van der Waals surface area contributed by atoms with Gasteiger partial charge in [0.15, 0.2) is 0 Å². The van der Waals surface area contributed by atoms with Crippen LogP contribution < -0.4 is 14.4 Å². The van der Waals surface area contributed by atoms with Gasteiger partial charge in [-0.05, 0) is 60.4 Å². The number of hydrogen-bond donors (Lipinski definition) is 1. The molecule has 0 fully saturated rings. The number of para-hydroxylation sites is 1. The van der Waals surface area contributed by atoms with E-state index in [4.69, 9.17) is 4.74 Å². The van der Waals surface area contributed by atoms with Crippen molar-refractivity contribution in [1.82, 2.24) is 5.32 Å². The van der Waals surface area contributed by atoms with Gasteiger partial charge >= 0.3 is 0 Å². The predicted molar refractivity (Wildman–Crippen MR) is 120 cm³/mol. The molecule has 1 aliphatic rings. The Labute approximate surface area is 186 Å². The summed E-state index contributed by atoms with van der Waals surface area (Å²) in [4.78, 5) is 12.6. The highest BCUT2D eigenvalue weighted by Gasteiger charge is 2.32. The summed E-state index contributed by atoms with van der Waals surface area (Å²) < 4.78 is 46.9. The maximum absolute atomic E-state index is 13.6. The van der Waals surface area contributed by atoms with E-state index in [1.54, 1.807) is 18.2 Å². The molecule has 0 radical (unpaired) electrons. The molecular weight excluding hydrogens is 431 g/mol. The van der Waals surface area contributed by atoms with Gasteiger partial charge in [-0.25, -0.2) is 12.8 Å². The molecule has 0 unspecified atom stereocenters. The van der Waals surface area contributed by atoms with Crippen LogP contribution >= 0.6 is 0 Å². The summed E-state index contributed by atoms with van der Waals surface area (Å²) in [7, 11) is -2.56. The van der Waals surface area contributed by atoms with Crippen molar-refractivity contribution in [2.75, 3.05) is 18.0 Å². The molecule has 32 heavy (non-hydrogen) atoms. The van der Waals surface area contributed by atoms with E-state index in [1.807, 2.05) is 18.2 Å². The SMILES string of the molecule is COc1ccc(C(=O)NCc2ccc(F)cc2)cc1S(=O)(=O)N1CCCc2ccccc21. The minimum absolute atomic E-state index is 0.0638. The fourth-order valence-corrected chi connectivity index (χ4v) is 5.50. The Hall–Kier alpha value is -3.39. The smallest absolute Gasteiger partial charge is 0.268 e. The van der Waals surface area contributed by atoms with Crippen molar-refractivity contribution < 1.29 is 22.3 Å². The highest BCUT2D eigenvalue weighted by atomic mass is 32.2. The molecule has 166 valence electrons. The van der Waals surface area contributed by atoms with Crippen LogP contribution in [0.4, 0.5) is 10.1 Å². The molecular formula is C24H23FN2O4S. The monoisotopic (exact) mass is 454 g/mol. The van der Waals surface area contributed by atoms with Gasteiger partial charge in [-0.2, -0.15) is 0 Å². The Morgan fingerprint density at radius 1 is 1.09 bits per heavy atom. The number of fused-ring (bicyclic) bond motifs is 1. The van der Waals surface area contributed by atoms with E-state index in [0.717, 1.165) is 17.5 Å². The van der Waals surface area contributed by atoms with Crippen LogP contribution in [-0.4, -0.2) is 28.0 Å². The van der Waals surface area contributed by atoms with Crippen LogP contribution in [-0.2, 0) is 23.0 Å². The molecule has 8 heteroatoms. The number of carbonyl (C=O) groups excluding carboxylic acids is 1. The van der Waals surface area contributed by atoms with E-state index in [1.165, 1.54) is 41.7 Å². The number of benzene rings is 3. The normalized spacial score (nSPS) is 13.4. The molecule has 3 aromatic carbocycles. The number of ether oxygens (including phenoxy) is 1. The first-order valence-electron chi connectivity index (χ1n) is 10.2. The third-order valence-electron chi connectivity index (χ3n) is 5.43. The number of anilines is 1. The molecule has 0 aliphatic carbocycles. The molecule has 0 saturated heterocycles. The van der Waals surface area contributed by atoms with Gasteiger partial charge < -0.3 is 10.1 Å². The second-order valence-electron chi connectivity index (χ2n) is 7.48. The van der Waals surface area contributed by atoms with Crippen LogP contribution in [0.5, 0.6) is 5.75 Å². The first-order chi connectivity index (χ1) is 15.4. The molecule has 1 amide bonds. The van der Waals surface area contributed by atoms with E-state index in [2.05, 4.69) is 5.32 Å². The number of carbonyl (C=O) groups is 1. The molecule has 6 nitrogen and oxygen atoms in total. The summed E-state index contributed by atoms with van der Waals surface area (Å²) in [6, 6.07) is 17.5. The lowest BCUT2D eigenvalue weighted by Gasteiger charge is -2.31. The molecule has 4 rings (SSSR count). The standard InChI is InChI=1S/C24H23FN2O4S/c1-31-22-13-10-19(24(28)26-16-17-8-11-20(25)12-9-17)15-23(22)32(29,30)27-14-4-6-18-5-2-3-7-21(18)27/h2-3,5,7-13,15H,4,6,14,16H2,1H3,(H,26,28). The van der Waals surface area contributed by atoms with Crippen LogP contribution in [0.25, 0.3) is 0 Å². The van der Waals surface area contributed by atoms with Crippen molar-refractivity contribution >= 4 is 21.6 Å². The zero-order valence-corrected chi connectivity index (χ0v) is 18.4. The van der Waals surface area contributed by atoms with Gasteiger partial charge in [0.25, 0.3) is 15.9 Å². The Morgan fingerprint density at radius 3 is 2.59 bits per heavy atom. The van der Waals surface area contributed by atoms with E-state index in [0.29, 0.717) is 18.7 Å². The summed E-state index contributed by atoms with van der Waals surface area (Å²) in [5.41, 5.74) is 2.53. The third kappa shape index (κ3) is 4.31. The minimum atomic E-state index is -3.96. The highest BCUT2D eigenvalue weighted by Crippen LogP contribution is 2.35. The third-order valence-corrected chi connectivity index (χ3v) is 7.26. The molecule has 1 aliphatic heterocycles. The van der Waals surface area contributed by atoms with Crippen LogP contribution in [0.1, 0.15) is 27.9 Å². The van der Waals surface area contributed by atoms with Crippen LogP contribution in [0.2, 0.25) is 0 Å². The van der Waals surface area contributed by atoms with Crippen molar-refractivity contribution in [3.05, 3.63) is 89.2 Å². The number of methoxy groups -OCH3 is 1. The largest absolute Gasteiger partial charge is 0.495 e. The summed E-state index contributed by atoms with van der Waals surface area (Å²) in [5, 5.41) is 2.74. The van der Waals surface area contributed by atoms with Gasteiger partial charge in [-0.3, -0.25) is 9.10 Å². The van der Waals surface area contributed by atoms with Gasteiger partial charge in [0.05, 0.1) is 12.8 Å².